The van der Waals surface area contributed by atoms with Crippen LogP contribution in [-0.4, -0.2) is 52.7 Å². The van der Waals surface area contributed by atoms with Crippen LogP contribution in [0.5, 0.6) is 0 Å². The zero-order chi connectivity index (χ0) is 18.2. The number of hydrogen-bond acceptors (Lipinski definition) is 6. The van der Waals surface area contributed by atoms with Crippen molar-refractivity contribution in [3.05, 3.63) is 0 Å². The fourth-order valence-electron chi connectivity index (χ4n) is 1.71. The largest absolute Gasteiger partial charge is 0.480 e. The summed E-state index contributed by atoms with van der Waals surface area (Å²) in [4.78, 5) is 46.1. The molecule has 23 heavy (non-hydrogen) atoms. The first-order chi connectivity index (χ1) is 10.6. The number of rotatable bonds is 10. The van der Waals surface area contributed by atoms with Crippen LogP contribution in [0.1, 0.15) is 26.7 Å². The van der Waals surface area contributed by atoms with Crippen molar-refractivity contribution < 1.29 is 24.3 Å². The van der Waals surface area contributed by atoms with Crippen molar-refractivity contribution in [2.75, 3.05) is 5.75 Å². The minimum Gasteiger partial charge on any atom is -0.480 e. The van der Waals surface area contributed by atoms with Crippen molar-refractivity contribution in [1.29, 1.82) is 0 Å². The van der Waals surface area contributed by atoms with Gasteiger partial charge in [-0.1, -0.05) is 20.3 Å². The van der Waals surface area contributed by atoms with Gasteiger partial charge in [0.1, 0.15) is 12.1 Å². The Labute approximate surface area is 139 Å². The van der Waals surface area contributed by atoms with Gasteiger partial charge in [-0.25, -0.2) is 4.79 Å². The van der Waals surface area contributed by atoms with Crippen LogP contribution in [0, 0.1) is 5.92 Å². The summed E-state index contributed by atoms with van der Waals surface area (Å²) in [5.41, 5.74) is 10.5. The number of primary amides is 1. The number of hydrogen-bond donors (Lipinski definition) is 6. The predicted molar refractivity (Wildman–Crippen MR) is 86.6 cm³/mol. The predicted octanol–water partition coefficient (Wildman–Crippen LogP) is -1.78. The zero-order valence-corrected chi connectivity index (χ0v) is 14.0. The van der Waals surface area contributed by atoms with Gasteiger partial charge in [0.15, 0.2) is 0 Å². The lowest BCUT2D eigenvalue weighted by Crippen LogP contribution is -2.57. The van der Waals surface area contributed by atoms with Gasteiger partial charge in [0.2, 0.25) is 17.7 Å². The molecule has 10 heteroatoms. The number of carboxylic acids is 1. The third-order valence-corrected chi connectivity index (χ3v) is 3.74. The average Bonchev–Trinajstić information content (AvgIpc) is 2.49. The maximum atomic E-state index is 12.3. The van der Waals surface area contributed by atoms with E-state index < -0.39 is 48.2 Å². The molecule has 0 fully saturated rings. The Morgan fingerprint density at radius 3 is 2.13 bits per heavy atom. The number of carboxylic acid groups (broad SMARTS) is 1. The van der Waals surface area contributed by atoms with E-state index >= 15 is 0 Å². The number of carbonyl (C=O) groups is 4. The van der Waals surface area contributed by atoms with Crippen LogP contribution in [0.3, 0.4) is 0 Å². The quantitative estimate of drug-likeness (QED) is 0.255. The van der Waals surface area contributed by atoms with Gasteiger partial charge >= 0.3 is 5.97 Å². The van der Waals surface area contributed by atoms with Gasteiger partial charge in [-0.3, -0.25) is 14.4 Å². The molecule has 0 aromatic rings. The van der Waals surface area contributed by atoms with Gasteiger partial charge in [0.25, 0.3) is 0 Å². The highest BCUT2D eigenvalue weighted by atomic mass is 32.1. The van der Waals surface area contributed by atoms with E-state index in [4.69, 9.17) is 16.6 Å². The third-order valence-electron chi connectivity index (χ3n) is 3.35. The number of aliphatic carboxylic acids is 1. The van der Waals surface area contributed by atoms with Gasteiger partial charge < -0.3 is 27.2 Å². The minimum atomic E-state index is -1.46. The molecule has 3 amide bonds. The second-order valence-electron chi connectivity index (χ2n) is 5.23. The Kier molecular flexibility index (Phi) is 9.27. The van der Waals surface area contributed by atoms with Crippen LogP contribution in [0.2, 0.25) is 0 Å². The van der Waals surface area contributed by atoms with E-state index in [1.54, 1.807) is 6.92 Å². The van der Waals surface area contributed by atoms with Gasteiger partial charge in [-0.15, -0.1) is 0 Å². The molecule has 4 atom stereocenters. The van der Waals surface area contributed by atoms with Gasteiger partial charge in [-0.05, 0) is 5.92 Å². The summed E-state index contributed by atoms with van der Waals surface area (Å²) in [6, 6.07) is -3.33. The number of amides is 3. The fraction of sp³-hybridized carbons (Fsp3) is 0.692. The van der Waals surface area contributed by atoms with Crippen molar-refractivity contribution in [3.63, 3.8) is 0 Å². The van der Waals surface area contributed by atoms with E-state index in [-0.39, 0.29) is 11.7 Å². The lowest BCUT2D eigenvalue weighted by atomic mass is 9.97. The Morgan fingerprint density at radius 2 is 1.74 bits per heavy atom. The highest BCUT2D eigenvalue weighted by molar-refractivity contribution is 7.80. The molecule has 7 N–H and O–H groups in total. The second-order valence-corrected chi connectivity index (χ2v) is 5.60. The standard InChI is InChI=1S/C13H24N4O5S/c1-3-6(2)10(17-11(19)7(14)5-23)12(20)16-8(13(21)22)4-9(15)18/h6-8,10,23H,3-5,14H2,1-2H3,(H2,15,18)(H,16,20)(H,17,19)(H,21,22)/t6-,7-,8-,10-/m0/s1. The van der Waals surface area contributed by atoms with Crippen LogP contribution in [0.15, 0.2) is 0 Å². The molecule has 0 aromatic carbocycles. The molecule has 0 saturated heterocycles. The molecular weight excluding hydrogens is 324 g/mol. The summed E-state index contributed by atoms with van der Waals surface area (Å²) in [5, 5.41) is 13.7. The Bertz CT molecular complexity index is 460. The highest BCUT2D eigenvalue weighted by Gasteiger charge is 2.31. The molecular formula is C13H24N4O5S. The maximum Gasteiger partial charge on any atom is 0.326 e. The van der Waals surface area contributed by atoms with Crippen molar-refractivity contribution >= 4 is 36.3 Å². The van der Waals surface area contributed by atoms with Crippen LogP contribution < -0.4 is 22.1 Å². The Balaban J connectivity index is 5.09. The van der Waals surface area contributed by atoms with Gasteiger partial charge in [-0.2, -0.15) is 12.6 Å². The number of nitrogens with one attached hydrogen (secondary N) is 2. The van der Waals surface area contributed by atoms with Crippen molar-refractivity contribution in [2.45, 2.75) is 44.8 Å². The van der Waals surface area contributed by atoms with Crippen LogP contribution >= 0.6 is 12.6 Å². The molecule has 0 aromatic heterocycles. The van der Waals surface area contributed by atoms with E-state index in [2.05, 4.69) is 23.3 Å². The first-order valence-corrected chi connectivity index (χ1v) is 7.75. The molecule has 0 saturated carbocycles. The monoisotopic (exact) mass is 348 g/mol. The summed E-state index contributed by atoms with van der Waals surface area (Å²) in [5.74, 6) is -3.71. The number of nitrogens with two attached hydrogens (primary N) is 2. The number of carbonyl (C=O) groups excluding carboxylic acids is 3. The fourth-order valence-corrected chi connectivity index (χ4v) is 1.87. The van der Waals surface area contributed by atoms with E-state index in [0.717, 1.165) is 0 Å². The third kappa shape index (κ3) is 7.33. The van der Waals surface area contributed by atoms with Crippen molar-refractivity contribution in [1.82, 2.24) is 10.6 Å². The lowest BCUT2D eigenvalue weighted by Gasteiger charge is -2.26. The van der Waals surface area contributed by atoms with Crippen molar-refractivity contribution in [3.8, 4) is 0 Å². The molecule has 0 unspecified atom stereocenters. The summed E-state index contributed by atoms with van der Waals surface area (Å²) in [6.45, 7) is 3.54. The molecule has 132 valence electrons. The molecule has 0 heterocycles. The van der Waals surface area contributed by atoms with E-state index in [1.807, 2.05) is 6.92 Å². The van der Waals surface area contributed by atoms with Crippen LogP contribution in [0.25, 0.3) is 0 Å². The van der Waals surface area contributed by atoms with Gasteiger partial charge in [0.05, 0.1) is 12.5 Å². The van der Waals surface area contributed by atoms with Crippen LogP contribution in [0.4, 0.5) is 0 Å². The molecule has 0 aliphatic carbocycles. The Morgan fingerprint density at radius 1 is 1.17 bits per heavy atom. The van der Waals surface area contributed by atoms with E-state index in [1.165, 1.54) is 0 Å². The normalized spacial score (nSPS) is 15.8. The summed E-state index contributed by atoms with van der Waals surface area (Å²) >= 11 is 3.91. The SMILES string of the molecule is CC[C@H](C)[C@H](NC(=O)[C@@H](N)CS)C(=O)N[C@@H](CC(N)=O)C(=O)O. The minimum absolute atomic E-state index is 0.0973. The molecule has 0 aliphatic heterocycles. The van der Waals surface area contributed by atoms with Crippen LogP contribution in [-0.2, 0) is 19.2 Å². The lowest BCUT2D eigenvalue weighted by molar-refractivity contribution is -0.144. The topological polar surface area (TPSA) is 165 Å². The van der Waals surface area contributed by atoms with E-state index in [9.17, 15) is 19.2 Å². The number of thiol groups is 1. The molecule has 0 spiro atoms. The molecule has 0 rings (SSSR count). The summed E-state index contributed by atoms with van der Waals surface area (Å²) in [7, 11) is 0. The zero-order valence-electron chi connectivity index (χ0n) is 13.1. The van der Waals surface area contributed by atoms with Crippen molar-refractivity contribution in [2.24, 2.45) is 17.4 Å². The maximum absolute atomic E-state index is 12.3. The summed E-state index contributed by atoms with van der Waals surface area (Å²) < 4.78 is 0. The second kappa shape index (κ2) is 10.1. The van der Waals surface area contributed by atoms with E-state index in [0.29, 0.717) is 6.42 Å². The first-order valence-electron chi connectivity index (χ1n) is 7.12. The highest BCUT2D eigenvalue weighted by Crippen LogP contribution is 2.09. The molecule has 0 radical (unpaired) electrons. The molecule has 9 nitrogen and oxygen atoms in total. The Hall–Kier alpha value is -1.81. The first kappa shape index (κ1) is 21.2. The van der Waals surface area contributed by atoms with Gasteiger partial charge in [0, 0.05) is 5.75 Å². The molecule has 0 bridgehead atoms. The smallest absolute Gasteiger partial charge is 0.326 e. The molecule has 0 aliphatic rings. The summed E-state index contributed by atoms with van der Waals surface area (Å²) in [6.07, 6.45) is 0.0143. The average molecular weight is 348 g/mol.